The summed E-state index contributed by atoms with van der Waals surface area (Å²) < 4.78 is 6.53. The van der Waals surface area contributed by atoms with E-state index in [9.17, 15) is 9.59 Å². The molecule has 0 fully saturated rings. The second-order valence-electron chi connectivity index (χ2n) is 4.91. The SMILES string of the molecule is CC(C)(C)OC(=O)Nc1ncnn2c(C=O)ccc12. The maximum absolute atomic E-state index is 11.7. The molecule has 100 valence electrons. The standard InChI is InChI=1S/C12H14N4O3/c1-12(2,3)19-11(18)15-10-9-5-4-8(6-17)16(9)14-7-13-10/h4-7H,1-3H3,(H,13,14,15,18). The van der Waals surface area contributed by atoms with Crippen molar-refractivity contribution >= 4 is 23.7 Å². The molecule has 0 aliphatic carbocycles. The fourth-order valence-electron chi connectivity index (χ4n) is 1.54. The van der Waals surface area contributed by atoms with Gasteiger partial charge in [0.2, 0.25) is 0 Å². The Kier molecular flexibility index (Phi) is 3.20. The molecule has 0 aliphatic rings. The van der Waals surface area contributed by atoms with E-state index in [1.807, 2.05) is 0 Å². The number of hydrogen-bond donors (Lipinski definition) is 1. The van der Waals surface area contributed by atoms with Crippen LogP contribution in [0.1, 0.15) is 31.3 Å². The number of carbonyl (C=O) groups excluding carboxylic acids is 2. The van der Waals surface area contributed by atoms with Gasteiger partial charge in [0.25, 0.3) is 0 Å². The minimum atomic E-state index is -0.609. The van der Waals surface area contributed by atoms with Crippen molar-refractivity contribution in [3.63, 3.8) is 0 Å². The minimum absolute atomic E-state index is 0.289. The average Bonchev–Trinajstić information content (AvgIpc) is 2.70. The lowest BCUT2D eigenvalue weighted by atomic mass is 10.2. The molecule has 0 aromatic carbocycles. The van der Waals surface area contributed by atoms with Gasteiger partial charge in [0.05, 0.1) is 0 Å². The van der Waals surface area contributed by atoms with Crippen LogP contribution in [0.2, 0.25) is 0 Å². The van der Waals surface area contributed by atoms with Crippen LogP contribution in [-0.2, 0) is 4.74 Å². The first kappa shape index (κ1) is 13.0. The molecule has 0 unspecified atom stereocenters. The summed E-state index contributed by atoms with van der Waals surface area (Å²) in [6, 6.07) is 3.24. The highest BCUT2D eigenvalue weighted by Gasteiger charge is 2.18. The molecule has 1 N–H and O–H groups in total. The summed E-state index contributed by atoms with van der Waals surface area (Å²) in [6.07, 6.45) is 1.33. The first-order valence-corrected chi connectivity index (χ1v) is 5.68. The number of aldehydes is 1. The summed E-state index contributed by atoms with van der Waals surface area (Å²) in [7, 11) is 0. The Bertz CT molecular complexity index is 627. The third-order valence-electron chi connectivity index (χ3n) is 2.22. The molecule has 0 saturated heterocycles. The van der Waals surface area contributed by atoms with Crippen LogP contribution in [0.25, 0.3) is 5.52 Å². The number of aromatic nitrogens is 3. The Hall–Kier alpha value is -2.44. The van der Waals surface area contributed by atoms with E-state index in [4.69, 9.17) is 4.74 Å². The molecule has 0 saturated carbocycles. The quantitative estimate of drug-likeness (QED) is 0.835. The van der Waals surface area contributed by atoms with E-state index >= 15 is 0 Å². The van der Waals surface area contributed by atoms with Gasteiger partial charge in [-0.3, -0.25) is 10.1 Å². The molecule has 0 spiro atoms. The Labute approximate surface area is 109 Å². The van der Waals surface area contributed by atoms with Crippen molar-refractivity contribution in [2.45, 2.75) is 26.4 Å². The van der Waals surface area contributed by atoms with Gasteiger partial charge >= 0.3 is 6.09 Å². The van der Waals surface area contributed by atoms with Crippen LogP contribution in [0.4, 0.5) is 10.6 Å². The molecular formula is C12H14N4O3. The van der Waals surface area contributed by atoms with Crippen LogP contribution in [0, 0.1) is 0 Å². The van der Waals surface area contributed by atoms with Gasteiger partial charge in [-0.15, -0.1) is 0 Å². The second kappa shape index (κ2) is 4.68. The first-order valence-electron chi connectivity index (χ1n) is 5.68. The van der Waals surface area contributed by atoms with Gasteiger partial charge in [0, 0.05) is 0 Å². The van der Waals surface area contributed by atoms with Gasteiger partial charge in [-0.05, 0) is 32.9 Å². The fourth-order valence-corrected chi connectivity index (χ4v) is 1.54. The van der Waals surface area contributed by atoms with Crippen molar-refractivity contribution in [3.05, 3.63) is 24.2 Å². The number of fused-ring (bicyclic) bond motifs is 1. The van der Waals surface area contributed by atoms with Crippen LogP contribution >= 0.6 is 0 Å². The van der Waals surface area contributed by atoms with E-state index in [0.29, 0.717) is 17.5 Å². The largest absolute Gasteiger partial charge is 0.444 e. The molecular weight excluding hydrogens is 248 g/mol. The summed E-state index contributed by atoms with van der Waals surface area (Å²) >= 11 is 0. The number of anilines is 1. The van der Waals surface area contributed by atoms with Crippen LogP contribution in [0.15, 0.2) is 18.5 Å². The number of ether oxygens (including phenoxy) is 1. The van der Waals surface area contributed by atoms with Crippen molar-refractivity contribution in [2.24, 2.45) is 0 Å². The number of nitrogens with zero attached hydrogens (tertiary/aromatic N) is 3. The molecule has 7 heteroatoms. The number of hydrogen-bond acceptors (Lipinski definition) is 5. The van der Waals surface area contributed by atoms with Crippen LogP contribution < -0.4 is 5.32 Å². The normalized spacial score (nSPS) is 11.3. The van der Waals surface area contributed by atoms with Gasteiger partial charge in [-0.25, -0.2) is 14.3 Å². The summed E-state index contributed by atoms with van der Waals surface area (Å²) in [5.41, 5.74) is 0.309. The van der Waals surface area contributed by atoms with Crippen molar-refractivity contribution in [1.29, 1.82) is 0 Å². The summed E-state index contributed by atoms with van der Waals surface area (Å²) in [6.45, 7) is 5.30. The molecule has 0 atom stereocenters. The number of carbonyl (C=O) groups is 2. The highest BCUT2D eigenvalue weighted by molar-refractivity contribution is 5.90. The van der Waals surface area contributed by atoms with E-state index in [1.54, 1.807) is 32.9 Å². The lowest BCUT2D eigenvalue weighted by Gasteiger charge is -2.19. The molecule has 2 aromatic rings. The van der Waals surface area contributed by atoms with Crippen LogP contribution in [0.3, 0.4) is 0 Å². The zero-order chi connectivity index (χ0) is 14.0. The maximum Gasteiger partial charge on any atom is 0.413 e. The zero-order valence-corrected chi connectivity index (χ0v) is 10.9. The second-order valence-corrected chi connectivity index (χ2v) is 4.91. The summed E-state index contributed by atoms with van der Waals surface area (Å²) in [4.78, 5) is 26.4. The monoisotopic (exact) mass is 262 g/mol. The van der Waals surface area contributed by atoms with Gasteiger partial charge in [-0.2, -0.15) is 5.10 Å². The summed E-state index contributed by atoms with van der Waals surface area (Å²) in [5, 5.41) is 6.47. The molecule has 7 nitrogen and oxygen atoms in total. The Morgan fingerprint density at radius 1 is 1.42 bits per heavy atom. The van der Waals surface area contributed by atoms with Crippen molar-refractivity contribution in [2.75, 3.05) is 5.32 Å². The van der Waals surface area contributed by atoms with E-state index in [1.165, 1.54) is 10.8 Å². The first-order chi connectivity index (χ1) is 8.90. The van der Waals surface area contributed by atoms with Gasteiger partial charge in [-0.1, -0.05) is 0 Å². The average molecular weight is 262 g/mol. The predicted octanol–water partition coefficient (Wildman–Crippen LogP) is 1.89. The smallest absolute Gasteiger partial charge is 0.413 e. The van der Waals surface area contributed by atoms with Crippen LogP contribution in [-0.4, -0.2) is 32.6 Å². The topological polar surface area (TPSA) is 85.6 Å². The molecule has 2 rings (SSSR count). The van der Waals surface area contributed by atoms with E-state index in [2.05, 4.69) is 15.4 Å². The number of rotatable bonds is 2. The van der Waals surface area contributed by atoms with Crippen molar-refractivity contribution in [1.82, 2.24) is 14.6 Å². The molecule has 0 aliphatic heterocycles. The van der Waals surface area contributed by atoms with E-state index in [0.717, 1.165) is 0 Å². The molecule has 2 heterocycles. The zero-order valence-electron chi connectivity index (χ0n) is 10.9. The van der Waals surface area contributed by atoms with Gasteiger partial charge in [0.15, 0.2) is 12.1 Å². The van der Waals surface area contributed by atoms with Gasteiger partial charge < -0.3 is 4.74 Å². The third kappa shape index (κ3) is 2.87. The number of amides is 1. The van der Waals surface area contributed by atoms with Crippen molar-refractivity contribution in [3.8, 4) is 0 Å². The highest BCUT2D eigenvalue weighted by atomic mass is 16.6. The predicted molar refractivity (Wildman–Crippen MR) is 68.2 cm³/mol. The Balaban J connectivity index is 2.28. The third-order valence-corrected chi connectivity index (χ3v) is 2.22. The summed E-state index contributed by atoms with van der Waals surface area (Å²) in [5.74, 6) is 0.289. The van der Waals surface area contributed by atoms with Gasteiger partial charge in [0.1, 0.15) is 23.1 Å². The Morgan fingerprint density at radius 2 is 2.16 bits per heavy atom. The molecule has 19 heavy (non-hydrogen) atoms. The highest BCUT2D eigenvalue weighted by Crippen LogP contribution is 2.16. The Morgan fingerprint density at radius 3 is 2.79 bits per heavy atom. The fraction of sp³-hybridized carbons (Fsp3) is 0.333. The maximum atomic E-state index is 11.7. The lowest BCUT2D eigenvalue weighted by Crippen LogP contribution is -2.27. The molecule has 0 radical (unpaired) electrons. The lowest BCUT2D eigenvalue weighted by molar-refractivity contribution is 0.0635. The van der Waals surface area contributed by atoms with Crippen molar-refractivity contribution < 1.29 is 14.3 Å². The number of nitrogens with one attached hydrogen (secondary N) is 1. The van der Waals surface area contributed by atoms with E-state index < -0.39 is 11.7 Å². The minimum Gasteiger partial charge on any atom is -0.444 e. The molecule has 0 bridgehead atoms. The molecule has 1 amide bonds. The molecule has 2 aromatic heterocycles. The van der Waals surface area contributed by atoms with Crippen LogP contribution in [0.5, 0.6) is 0 Å². The van der Waals surface area contributed by atoms with E-state index in [-0.39, 0.29) is 5.82 Å².